The summed E-state index contributed by atoms with van der Waals surface area (Å²) in [6.45, 7) is 1.78. The van der Waals surface area contributed by atoms with E-state index in [2.05, 4.69) is 4.98 Å². The molecule has 2 nitrogen and oxygen atoms in total. The lowest BCUT2D eigenvalue weighted by Gasteiger charge is -2.02. The van der Waals surface area contributed by atoms with Crippen molar-refractivity contribution in [2.24, 2.45) is 0 Å². The van der Waals surface area contributed by atoms with E-state index in [9.17, 15) is 9.50 Å². The van der Waals surface area contributed by atoms with Crippen LogP contribution in [0.2, 0.25) is 0 Å². The van der Waals surface area contributed by atoms with E-state index in [1.54, 1.807) is 13.0 Å². The molecule has 0 unspecified atom stereocenters. The van der Waals surface area contributed by atoms with E-state index in [4.69, 9.17) is 0 Å². The molecule has 1 heterocycles. The van der Waals surface area contributed by atoms with Crippen LogP contribution in [-0.2, 0) is 0 Å². The highest BCUT2D eigenvalue weighted by molar-refractivity contribution is 5.83. The molecule has 0 aliphatic carbocycles. The number of hydrogen-bond donors (Lipinski definition) is 1. The summed E-state index contributed by atoms with van der Waals surface area (Å²) in [4.78, 5) is 3.91. The lowest BCUT2D eigenvalue weighted by atomic mass is 10.1. The molecular formula is C10H8FNO. The number of aromatic hydroxyl groups is 1. The van der Waals surface area contributed by atoms with Crippen LogP contribution in [0.25, 0.3) is 10.9 Å². The third-order valence-electron chi connectivity index (χ3n) is 2.07. The van der Waals surface area contributed by atoms with Gasteiger partial charge in [-0.15, -0.1) is 0 Å². The molecule has 0 radical (unpaired) electrons. The summed E-state index contributed by atoms with van der Waals surface area (Å²) in [6.07, 6.45) is 1.33. The molecule has 1 aromatic heterocycles. The van der Waals surface area contributed by atoms with Crippen LogP contribution in [-0.4, -0.2) is 10.1 Å². The second-order valence-electron chi connectivity index (χ2n) is 2.93. The maximum absolute atomic E-state index is 12.8. The van der Waals surface area contributed by atoms with Crippen LogP contribution in [0.3, 0.4) is 0 Å². The Labute approximate surface area is 74.7 Å². The average Bonchev–Trinajstić information content (AvgIpc) is 2.12. The van der Waals surface area contributed by atoms with Crippen LogP contribution < -0.4 is 0 Å². The van der Waals surface area contributed by atoms with Crippen molar-refractivity contribution >= 4 is 10.9 Å². The maximum atomic E-state index is 12.8. The first-order valence-electron chi connectivity index (χ1n) is 3.92. The average molecular weight is 177 g/mol. The Morgan fingerprint density at radius 2 is 2.15 bits per heavy atom. The van der Waals surface area contributed by atoms with Gasteiger partial charge in [-0.1, -0.05) is 0 Å². The van der Waals surface area contributed by atoms with Crippen molar-refractivity contribution < 1.29 is 9.50 Å². The van der Waals surface area contributed by atoms with Crippen LogP contribution in [0.4, 0.5) is 4.39 Å². The topological polar surface area (TPSA) is 33.1 Å². The minimum atomic E-state index is -0.315. The molecule has 0 saturated carbocycles. The number of aryl methyl sites for hydroxylation is 1. The predicted octanol–water partition coefficient (Wildman–Crippen LogP) is 2.39. The van der Waals surface area contributed by atoms with Gasteiger partial charge in [0.25, 0.3) is 0 Å². The standard InChI is InChI=1S/C10H8FNO/c1-6-8-3-2-7(11)4-9(8)12-5-10(6)13/h2-5,13H,1H3. The summed E-state index contributed by atoms with van der Waals surface area (Å²) >= 11 is 0. The highest BCUT2D eigenvalue weighted by Gasteiger charge is 2.03. The molecule has 2 aromatic rings. The number of benzene rings is 1. The number of hydrogen-bond acceptors (Lipinski definition) is 2. The number of halogens is 1. The van der Waals surface area contributed by atoms with Gasteiger partial charge in [0, 0.05) is 17.0 Å². The van der Waals surface area contributed by atoms with Gasteiger partial charge in [0.05, 0.1) is 11.7 Å². The van der Waals surface area contributed by atoms with Gasteiger partial charge in [0.2, 0.25) is 0 Å². The minimum Gasteiger partial charge on any atom is -0.506 e. The zero-order chi connectivity index (χ0) is 9.42. The molecule has 0 saturated heterocycles. The normalized spacial score (nSPS) is 10.6. The molecule has 13 heavy (non-hydrogen) atoms. The molecule has 1 aromatic carbocycles. The number of rotatable bonds is 0. The monoisotopic (exact) mass is 177 g/mol. The molecule has 0 spiro atoms. The quantitative estimate of drug-likeness (QED) is 0.670. The Hall–Kier alpha value is -1.64. The minimum absolute atomic E-state index is 0.138. The van der Waals surface area contributed by atoms with Crippen molar-refractivity contribution in [1.29, 1.82) is 0 Å². The molecular weight excluding hydrogens is 169 g/mol. The third-order valence-corrected chi connectivity index (χ3v) is 2.07. The molecule has 0 fully saturated rings. The second-order valence-corrected chi connectivity index (χ2v) is 2.93. The number of nitrogens with zero attached hydrogens (tertiary/aromatic N) is 1. The molecule has 3 heteroatoms. The third kappa shape index (κ3) is 1.22. The molecule has 1 N–H and O–H groups in total. The first kappa shape index (κ1) is 7.98. The molecule has 0 aliphatic heterocycles. The van der Waals surface area contributed by atoms with E-state index in [0.717, 1.165) is 10.9 Å². The van der Waals surface area contributed by atoms with Gasteiger partial charge in [-0.2, -0.15) is 0 Å². The fourth-order valence-electron chi connectivity index (χ4n) is 1.29. The highest BCUT2D eigenvalue weighted by Crippen LogP contribution is 2.24. The van der Waals surface area contributed by atoms with E-state index in [-0.39, 0.29) is 11.6 Å². The molecule has 0 aliphatic rings. The highest BCUT2D eigenvalue weighted by atomic mass is 19.1. The fourth-order valence-corrected chi connectivity index (χ4v) is 1.29. The Morgan fingerprint density at radius 3 is 2.92 bits per heavy atom. The lowest BCUT2D eigenvalue weighted by molar-refractivity contribution is 0.470. The predicted molar refractivity (Wildman–Crippen MR) is 48.1 cm³/mol. The Bertz CT molecular complexity index is 468. The van der Waals surface area contributed by atoms with Gasteiger partial charge in [0.15, 0.2) is 0 Å². The van der Waals surface area contributed by atoms with Crippen LogP contribution in [0.5, 0.6) is 5.75 Å². The molecule has 0 amide bonds. The second kappa shape index (κ2) is 2.69. The Balaban J connectivity index is 2.87. The van der Waals surface area contributed by atoms with Crippen LogP contribution in [0.15, 0.2) is 24.4 Å². The lowest BCUT2D eigenvalue weighted by Crippen LogP contribution is -1.84. The fraction of sp³-hybridized carbons (Fsp3) is 0.100. The van der Waals surface area contributed by atoms with Crippen LogP contribution in [0.1, 0.15) is 5.56 Å². The number of pyridine rings is 1. The van der Waals surface area contributed by atoms with Crippen molar-refractivity contribution in [3.8, 4) is 5.75 Å². The van der Waals surface area contributed by atoms with Crippen molar-refractivity contribution in [1.82, 2.24) is 4.98 Å². The van der Waals surface area contributed by atoms with Crippen LogP contribution >= 0.6 is 0 Å². The van der Waals surface area contributed by atoms with Gasteiger partial charge in [-0.05, 0) is 19.1 Å². The van der Waals surface area contributed by atoms with Crippen molar-refractivity contribution in [2.75, 3.05) is 0 Å². The maximum Gasteiger partial charge on any atom is 0.137 e. The van der Waals surface area contributed by atoms with Crippen molar-refractivity contribution in [3.63, 3.8) is 0 Å². The first-order valence-corrected chi connectivity index (χ1v) is 3.92. The number of fused-ring (bicyclic) bond motifs is 1. The van der Waals surface area contributed by atoms with E-state index in [1.807, 2.05) is 0 Å². The Morgan fingerprint density at radius 1 is 1.38 bits per heavy atom. The van der Waals surface area contributed by atoms with E-state index in [0.29, 0.717) is 5.52 Å². The van der Waals surface area contributed by atoms with Crippen LogP contribution in [0, 0.1) is 12.7 Å². The summed E-state index contributed by atoms with van der Waals surface area (Å²) in [5.41, 5.74) is 1.29. The summed E-state index contributed by atoms with van der Waals surface area (Å²) in [6, 6.07) is 4.32. The van der Waals surface area contributed by atoms with E-state index in [1.165, 1.54) is 18.3 Å². The summed E-state index contributed by atoms with van der Waals surface area (Å²) in [7, 11) is 0. The summed E-state index contributed by atoms with van der Waals surface area (Å²) in [5, 5.41) is 10.1. The zero-order valence-corrected chi connectivity index (χ0v) is 7.08. The zero-order valence-electron chi connectivity index (χ0n) is 7.08. The van der Waals surface area contributed by atoms with Gasteiger partial charge in [-0.3, -0.25) is 4.98 Å². The van der Waals surface area contributed by atoms with Crippen molar-refractivity contribution in [3.05, 3.63) is 35.8 Å². The molecule has 0 bridgehead atoms. The van der Waals surface area contributed by atoms with Crippen molar-refractivity contribution in [2.45, 2.75) is 6.92 Å². The molecule has 66 valence electrons. The van der Waals surface area contributed by atoms with E-state index < -0.39 is 0 Å². The number of aromatic nitrogens is 1. The summed E-state index contributed by atoms with van der Waals surface area (Å²) < 4.78 is 12.8. The van der Waals surface area contributed by atoms with Gasteiger partial charge >= 0.3 is 0 Å². The van der Waals surface area contributed by atoms with Gasteiger partial charge < -0.3 is 5.11 Å². The van der Waals surface area contributed by atoms with E-state index >= 15 is 0 Å². The molecule has 2 rings (SSSR count). The molecule has 0 atom stereocenters. The van der Waals surface area contributed by atoms with Gasteiger partial charge in [-0.25, -0.2) is 4.39 Å². The largest absolute Gasteiger partial charge is 0.506 e. The summed E-state index contributed by atoms with van der Waals surface area (Å²) in [5.74, 6) is -0.177. The first-order chi connectivity index (χ1) is 6.18. The Kier molecular flexibility index (Phi) is 1.65. The SMILES string of the molecule is Cc1c(O)cnc2cc(F)ccc12. The smallest absolute Gasteiger partial charge is 0.137 e. The van der Waals surface area contributed by atoms with Gasteiger partial charge in [0.1, 0.15) is 11.6 Å².